The van der Waals surface area contributed by atoms with Crippen LogP contribution in [0.4, 0.5) is 11.4 Å². The van der Waals surface area contributed by atoms with Gasteiger partial charge in [0.2, 0.25) is 5.91 Å². The number of rotatable bonds is 6. The fraction of sp³-hybridized carbons (Fsp3) is 0.0526. The summed E-state index contributed by atoms with van der Waals surface area (Å²) in [5.41, 5.74) is 1.74. The monoisotopic (exact) mass is 416 g/mol. The summed E-state index contributed by atoms with van der Waals surface area (Å²) in [5, 5.41) is 18.7. The molecule has 1 N–H and O–H groups in total. The molecule has 1 aromatic heterocycles. The Labute approximate surface area is 170 Å². The maximum absolute atomic E-state index is 12.1. The number of anilines is 1. The summed E-state index contributed by atoms with van der Waals surface area (Å²) >= 11 is 12.3. The number of non-ortho nitro benzene ring substituents is 1. The summed E-state index contributed by atoms with van der Waals surface area (Å²) in [7, 11) is 0. The number of hydrogen-bond acceptors (Lipinski definition) is 4. The Kier molecular flexibility index (Phi) is 6.08. The van der Waals surface area contributed by atoms with Crippen molar-refractivity contribution < 1.29 is 9.72 Å². The van der Waals surface area contributed by atoms with Crippen LogP contribution in [0.5, 0.6) is 0 Å². The largest absolute Gasteiger partial charge is 0.320 e. The molecule has 1 heterocycles. The molecule has 0 aliphatic heterocycles. The molecule has 142 valence electrons. The first-order chi connectivity index (χ1) is 13.4. The van der Waals surface area contributed by atoms with Crippen molar-refractivity contribution in [3.63, 3.8) is 0 Å². The van der Waals surface area contributed by atoms with Crippen LogP contribution in [-0.2, 0) is 11.3 Å². The topological polar surface area (TPSA) is 90.1 Å². The lowest BCUT2D eigenvalue weighted by Crippen LogP contribution is -2.07. The van der Waals surface area contributed by atoms with Crippen LogP contribution in [0.15, 0.2) is 60.9 Å². The summed E-state index contributed by atoms with van der Waals surface area (Å²) < 4.78 is 1.60. The Bertz CT molecular complexity index is 1040. The number of aromatic nitrogens is 2. The van der Waals surface area contributed by atoms with Crippen molar-refractivity contribution in [1.29, 1.82) is 0 Å². The van der Waals surface area contributed by atoms with E-state index < -0.39 is 4.92 Å². The van der Waals surface area contributed by atoms with Gasteiger partial charge >= 0.3 is 0 Å². The molecular weight excluding hydrogens is 403 g/mol. The maximum Gasteiger partial charge on any atom is 0.270 e. The number of carbonyl (C=O) groups is 1. The lowest BCUT2D eigenvalue weighted by molar-refractivity contribution is -0.384. The van der Waals surface area contributed by atoms with E-state index in [0.717, 1.165) is 5.56 Å². The molecule has 1 amide bonds. The van der Waals surface area contributed by atoms with Crippen LogP contribution in [0.2, 0.25) is 10.0 Å². The Morgan fingerprint density at radius 2 is 1.93 bits per heavy atom. The first kappa shape index (κ1) is 19.6. The molecular formula is C19H14Cl2N4O3. The van der Waals surface area contributed by atoms with Crippen LogP contribution in [-0.4, -0.2) is 20.6 Å². The van der Waals surface area contributed by atoms with Crippen molar-refractivity contribution in [2.75, 3.05) is 5.32 Å². The quantitative estimate of drug-likeness (QED) is 0.355. The molecule has 3 aromatic rings. The average molecular weight is 417 g/mol. The van der Waals surface area contributed by atoms with Crippen molar-refractivity contribution in [1.82, 2.24) is 9.78 Å². The van der Waals surface area contributed by atoms with Crippen molar-refractivity contribution in [2.45, 2.75) is 6.54 Å². The number of nitro benzene ring substituents is 1. The average Bonchev–Trinajstić information content (AvgIpc) is 3.10. The third kappa shape index (κ3) is 4.97. The van der Waals surface area contributed by atoms with Gasteiger partial charge in [-0.05, 0) is 23.8 Å². The van der Waals surface area contributed by atoms with E-state index in [1.807, 2.05) is 0 Å². The zero-order valence-electron chi connectivity index (χ0n) is 14.4. The second-order valence-corrected chi connectivity index (χ2v) is 6.62. The van der Waals surface area contributed by atoms with Gasteiger partial charge in [0, 0.05) is 40.0 Å². The summed E-state index contributed by atoms with van der Waals surface area (Å²) in [6.07, 6.45) is 5.94. The van der Waals surface area contributed by atoms with E-state index >= 15 is 0 Å². The summed E-state index contributed by atoms with van der Waals surface area (Å²) in [4.78, 5) is 22.4. The number of benzene rings is 2. The molecule has 0 saturated carbocycles. The molecule has 0 aliphatic carbocycles. The Hall–Kier alpha value is -3.16. The number of hydrogen-bond donors (Lipinski definition) is 1. The first-order valence-electron chi connectivity index (χ1n) is 8.11. The highest BCUT2D eigenvalue weighted by Crippen LogP contribution is 2.25. The maximum atomic E-state index is 12.1. The van der Waals surface area contributed by atoms with Gasteiger partial charge in [0.1, 0.15) is 0 Å². The minimum Gasteiger partial charge on any atom is -0.320 e. The fourth-order valence-corrected chi connectivity index (χ4v) is 2.97. The molecule has 0 saturated heterocycles. The van der Waals surface area contributed by atoms with Crippen LogP contribution < -0.4 is 5.32 Å². The SMILES string of the molecule is O=C(/C=C/c1cccc([N+](=O)[O-])c1)Nc1cnn(Cc2c(Cl)cccc2Cl)c1. The Balaban J connectivity index is 1.64. The third-order valence-electron chi connectivity index (χ3n) is 3.79. The van der Waals surface area contributed by atoms with Crippen LogP contribution >= 0.6 is 23.2 Å². The minimum atomic E-state index is -0.489. The van der Waals surface area contributed by atoms with E-state index in [-0.39, 0.29) is 11.6 Å². The highest BCUT2D eigenvalue weighted by atomic mass is 35.5. The molecule has 3 rings (SSSR count). The van der Waals surface area contributed by atoms with Gasteiger partial charge in [0.05, 0.1) is 23.4 Å². The van der Waals surface area contributed by atoms with Crippen LogP contribution in [0.3, 0.4) is 0 Å². The van der Waals surface area contributed by atoms with Gasteiger partial charge in [0.25, 0.3) is 5.69 Å². The molecule has 0 atom stereocenters. The van der Waals surface area contributed by atoms with Gasteiger partial charge in [-0.1, -0.05) is 41.4 Å². The number of nitrogens with zero attached hydrogens (tertiary/aromatic N) is 3. The third-order valence-corrected chi connectivity index (χ3v) is 4.50. The van der Waals surface area contributed by atoms with E-state index in [1.165, 1.54) is 30.5 Å². The molecule has 28 heavy (non-hydrogen) atoms. The smallest absolute Gasteiger partial charge is 0.270 e. The van der Waals surface area contributed by atoms with E-state index in [4.69, 9.17) is 23.2 Å². The molecule has 0 radical (unpaired) electrons. The van der Waals surface area contributed by atoms with Gasteiger partial charge < -0.3 is 5.32 Å². The first-order valence-corrected chi connectivity index (χ1v) is 8.87. The lowest BCUT2D eigenvalue weighted by Gasteiger charge is -2.06. The van der Waals surface area contributed by atoms with E-state index in [9.17, 15) is 14.9 Å². The minimum absolute atomic E-state index is 0.0398. The molecule has 2 aromatic carbocycles. The van der Waals surface area contributed by atoms with Gasteiger partial charge in [-0.25, -0.2) is 0 Å². The number of halogens is 2. The predicted molar refractivity (Wildman–Crippen MR) is 109 cm³/mol. The molecule has 0 spiro atoms. The zero-order chi connectivity index (χ0) is 20.1. The van der Waals surface area contributed by atoms with Crippen molar-refractivity contribution in [2.24, 2.45) is 0 Å². The number of nitro groups is 1. The van der Waals surface area contributed by atoms with Crippen molar-refractivity contribution in [3.8, 4) is 0 Å². The molecule has 9 heteroatoms. The lowest BCUT2D eigenvalue weighted by atomic mass is 10.2. The zero-order valence-corrected chi connectivity index (χ0v) is 15.9. The second-order valence-electron chi connectivity index (χ2n) is 5.80. The molecule has 0 unspecified atom stereocenters. The summed E-state index contributed by atoms with van der Waals surface area (Å²) in [5.74, 6) is -0.387. The molecule has 0 fully saturated rings. The fourth-order valence-electron chi connectivity index (χ4n) is 2.46. The van der Waals surface area contributed by atoms with Gasteiger partial charge in [-0.3, -0.25) is 19.6 Å². The number of nitrogens with one attached hydrogen (secondary N) is 1. The molecule has 7 nitrogen and oxygen atoms in total. The second kappa shape index (κ2) is 8.69. The predicted octanol–water partition coefficient (Wildman–Crippen LogP) is 4.80. The Morgan fingerprint density at radius 3 is 2.64 bits per heavy atom. The van der Waals surface area contributed by atoms with E-state index in [2.05, 4.69) is 10.4 Å². The summed E-state index contributed by atoms with van der Waals surface area (Å²) in [6.45, 7) is 0.359. The summed E-state index contributed by atoms with van der Waals surface area (Å²) in [6, 6.07) is 11.2. The highest BCUT2D eigenvalue weighted by Gasteiger charge is 2.08. The molecule has 0 aliphatic rings. The van der Waals surface area contributed by atoms with E-state index in [0.29, 0.717) is 27.8 Å². The van der Waals surface area contributed by atoms with Crippen LogP contribution in [0.1, 0.15) is 11.1 Å². The molecule has 0 bridgehead atoms. The van der Waals surface area contributed by atoms with Gasteiger partial charge in [-0.15, -0.1) is 0 Å². The van der Waals surface area contributed by atoms with Gasteiger partial charge in [-0.2, -0.15) is 5.10 Å². The van der Waals surface area contributed by atoms with Crippen molar-refractivity contribution >= 4 is 46.6 Å². The van der Waals surface area contributed by atoms with Crippen LogP contribution in [0.25, 0.3) is 6.08 Å². The normalized spacial score (nSPS) is 10.9. The number of carbonyl (C=O) groups excluding carboxylic acids is 1. The Morgan fingerprint density at radius 1 is 1.21 bits per heavy atom. The van der Waals surface area contributed by atoms with Crippen molar-refractivity contribution in [3.05, 3.63) is 92.2 Å². The number of amides is 1. The standard InChI is InChI=1S/C19H14Cl2N4O3/c20-17-5-2-6-18(21)16(17)12-24-11-14(10-22-24)23-19(26)8-7-13-3-1-4-15(9-13)25(27)28/h1-11H,12H2,(H,23,26)/b8-7+. The van der Waals surface area contributed by atoms with Gasteiger partial charge in [0.15, 0.2) is 0 Å². The highest BCUT2D eigenvalue weighted by molar-refractivity contribution is 6.35. The van der Waals surface area contributed by atoms with E-state index in [1.54, 1.807) is 41.2 Å². The van der Waals surface area contributed by atoms with Crippen LogP contribution in [0, 0.1) is 10.1 Å².